The lowest BCUT2D eigenvalue weighted by atomic mass is 9.72. The Bertz CT molecular complexity index is 2710. The van der Waals surface area contributed by atoms with Gasteiger partial charge in [-0.3, -0.25) is 4.57 Å². The van der Waals surface area contributed by atoms with Gasteiger partial charge in [-0.15, -0.1) is 0 Å². The number of benzene rings is 5. The van der Waals surface area contributed by atoms with Crippen molar-refractivity contribution in [2.24, 2.45) is 10.9 Å². The van der Waals surface area contributed by atoms with Crippen LogP contribution in [0.5, 0.6) is 0 Å². The summed E-state index contributed by atoms with van der Waals surface area (Å²) in [6, 6.07) is 44.2. The van der Waals surface area contributed by atoms with Crippen molar-refractivity contribution in [1.82, 2.24) is 9.55 Å². The number of rotatable bonds is 5. The molecule has 2 atom stereocenters. The molecule has 2 aliphatic heterocycles. The molecule has 2 aromatic heterocycles. The highest BCUT2D eigenvalue weighted by Crippen LogP contribution is 2.54. The molecule has 0 unspecified atom stereocenters. The SMILES string of the molecule is Cc1cc(C2=N[C@](C)(C(C)C)[C@@](C)(c3ccccc3)O2)cc(N2c3ccccc3C(C)(C)c3cc4c5ccccc5n(-c5cc(C(C)(C)C)ccn5)c4cc32)c1. The molecule has 0 fully saturated rings. The summed E-state index contributed by atoms with van der Waals surface area (Å²) in [5.74, 6) is 1.85. The lowest BCUT2D eigenvalue weighted by Crippen LogP contribution is -2.47. The van der Waals surface area contributed by atoms with E-state index in [2.05, 4.69) is 200 Å². The number of aromatic nitrogens is 2. The molecule has 5 aromatic carbocycles. The minimum atomic E-state index is -0.632. The number of anilines is 3. The number of para-hydroxylation sites is 2. The van der Waals surface area contributed by atoms with E-state index in [1.165, 1.54) is 33.2 Å². The Balaban J connectivity index is 1.28. The first kappa shape index (κ1) is 36.0. The summed E-state index contributed by atoms with van der Waals surface area (Å²) < 4.78 is 9.43. The van der Waals surface area contributed by atoms with E-state index in [-0.39, 0.29) is 16.7 Å². The summed E-state index contributed by atoms with van der Waals surface area (Å²) >= 11 is 0. The molecular weight excluding hydrogens is 685 g/mol. The minimum absolute atomic E-state index is 0.0124. The van der Waals surface area contributed by atoms with Crippen molar-refractivity contribution in [1.29, 1.82) is 0 Å². The second kappa shape index (κ2) is 12.4. The molecule has 5 nitrogen and oxygen atoms in total. The zero-order chi connectivity index (χ0) is 39.4. The van der Waals surface area contributed by atoms with Crippen LogP contribution in [0.4, 0.5) is 17.1 Å². The Morgan fingerprint density at radius 2 is 1.39 bits per heavy atom. The van der Waals surface area contributed by atoms with Crippen LogP contribution in [0.1, 0.15) is 95.7 Å². The van der Waals surface area contributed by atoms with Gasteiger partial charge in [-0.1, -0.05) is 115 Å². The number of hydrogen-bond donors (Lipinski definition) is 0. The Morgan fingerprint density at radius 3 is 2.14 bits per heavy atom. The van der Waals surface area contributed by atoms with Gasteiger partial charge in [0.2, 0.25) is 5.90 Å². The average Bonchev–Trinajstić information content (AvgIpc) is 3.66. The Morgan fingerprint density at radius 1 is 0.679 bits per heavy atom. The molecule has 56 heavy (non-hydrogen) atoms. The van der Waals surface area contributed by atoms with E-state index >= 15 is 0 Å². The number of pyridine rings is 1. The van der Waals surface area contributed by atoms with E-state index in [4.69, 9.17) is 14.7 Å². The van der Waals surface area contributed by atoms with Crippen molar-refractivity contribution in [3.8, 4) is 5.82 Å². The van der Waals surface area contributed by atoms with Gasteiger partial charge in [0, 0.05) is 33.6 Å². The van der Waals surface area contributed by atoms with Gasteiger partial charge >= 0.3 is 0 Å². The molecule has 0 saturated carbocycles. The Labute approximate surface area is 331 Å². The van der Waals surface area contributed by atoms with E-state index in [0.717, 1.165) is 44.9 Å². The fraction of sp³-hybridized carbons (Fsp3) is 0.294. The van der Waals surface area contributed by atoms with E-state index in [9.17, 15) is 0 Å². The summed E-state index contributed by atoms with van der Waals surface area (Å²) in [4.78, 5) is 12.9. The summed E-state index contributed by atoms with van der Waals surface area (Å²) in [6.07, 6.45) is 1.95. The summed E-state index contributed by atoms with van der Waals surface area (Å²) in [6.45, 7) is 22.6. The fourth-order valence-electron chi connectivity index (χ4n) is 9.26. The maximum Gasteiger partial charge on any atom is 0.217 e. The van der Waals surface area contributed by atoms with E-state index in [0.29, 0.717) is 5.90 Å². The van der Waals surface area contributed by atoms with Crippen molar-refractivity contribution >= 4 is 44.8 Å². The molecular formula is C51H52N4O. The van der Waals surface area contributed by atoms with Crippen molar-refractivity contribution in [3.63, 3.8) is 0 Å². The first-order valence-electron chi connectivity index (χ1n) is 20.0. The molecule has 7 aromatic rings. The highest BCUT2D eigenvalue weighted by Gasteiger charge is 2.55. The van der Waals surface area contributed by atoms with E-state index in [1.54, 1.807) is 0 Å². The second-order valence-corrected chi connectivity index (χ2v) is 18.1. The minimum Gasteiger partial charge on any atom is -0.464 e. The fourth-order valence-corrected chi connectivity index (χ4v) is 9.26. The normalized spacial score (nSPS) is 20.3. The first-order valence-corrected chi connectivity index (χ1v) is 20.0. The highest BCUT2D eigenvalue weighted by molar-refractivity contribution is 6.11. The zero-order valence-electron chi connectivity index (χ0n) is 34.4. The van der Waals surface area contributed by atoms with Crippen LogP contribution in [0.15, 0.2) is 133 Å². The molecule has 0 amide bonds. The van der Waals surface area contributed by atoms with Crippen LogP contribution in [0.3, 0.4) is 0 Å². The van der Waals surface area contributed by atoms with Gasteiger partial charge in [0.1, 0.15) is 11.4 Å². The number of fused-ring (bicyclic) bond motifs is 5. The number of aryl methyl sites for hydroxylation is 1. The van der Waals surface area contributed by atoms with Crippen LogP contribution in [-0.2, 0) is 21.2 Å². The average molecular weight is 737 g/mol. The number of ether oxygens (including phenoxy) is 1. The van der Waals surface area contributed by atoms with Gasteiger partial charge in [0.05, 0.1) is 22.4 Å². The first-order chi connectivity index (χ1) is 26.6. The highest BCUT2D eigenvalue weighted by atomic mass is 16.5. The van der Waals surface area contributed by atoms with Crippen LogP contribution in [-0.4, -0.2) is 21.0 Å². The maximum absolute atomic E-state index is 7.08. The molecule has 4 heterocycles. The van der Waals surface area contributed by atoms with Crippen LogP contribution in [0.25, 0.3) is 27.6 Å². The van der Waals surface area contributed by atoms with Gasteiger partial charge < -0.3 is 9.64 Å². The van der Waals surface area contributed by atoms with E-state index in [1.807, 2.05) is 6.20 Å². The predicted molar refractivity (Wildman–Crippen MR) is 233 cm³/mol. The molecule has 0 aliphatic carbocycles. The molecule has 2 aliphatic rings. The third kappa shape index (κ3) is 5.27. The molecule has 0 N–H and O–H groups in total. The van der Waals surface area contributed by atoms with Crippen molar-refractivity contribution in [2.75, 3.05) is 4.90 Å². The van der Waals surface area contributed by atoms with Crippen LogP contribution in [0.2, 0.25) is 0 Å². The van der Waals surface area contributed by atoms with E-state index < -0.39 is 11.1 Å². The van der Waals surface area contributed by atoms with Gasteiger partial charge in [-0.25, -0.2) is 9.98 Å². The third-order valence-corrected chi connectivity index (χ3v) is 13.0. The summed E-state index contributed by atoms with van der Waals surface area (Å²) in [5, 5.41) is 2.44. The van der Waals surface area contributed by atoms with Gasteiger partial charge in [-0.2, -0.15) is 0 Å². The second-order valence-electron chi connectivity index (χ2n) is 18.1. The van der Waals surface area contributed by atoms with Gasteiger partial charge in [0.15, 0.2) is 5.60 Å². The molecule has 0 saturated heterocycles. The standard InChI is InChI=1S/C51H52N4O/c1-32(2)50(9)51(10,35-18-12-11-13-19-35)56-47(53-50)34-26-33(3)27-37(28-34)54-43-23-17-15-21-40(43)49(7,8)41-30-39-38-20-14-16-22-42(38)55(44(39)31-45(41)54)46-29-36(24-25-52-46)48(4,5)6/h11-32H,1-10H3/t50-,51-/m1/s1. The third-order valence-electron chi connectivity index (χ3n) is 13.0. The molecule has 0 spiro atoms. The Hall–Kier alpha value is -5.68. The predicted octanol–water partition coefficient (Wildman–Crippen LogP) is 13.0. The van der Waals surface area contributed by atoms with Crippen molar-refractivity contribution in [3.05, 3.63) is 161 Å². The van der Waals surface area contributed by atoms with Crippen LogP contribution >= 0.6 is 0 Å². The molecule has 9 rings (SSSR count). The smallest absolute Gasteiger partial charge is 0.217 e. The largest absolute Gasteiger partial charge is 0.464 e. The lowest BCUT2D eigenvalue weighted by Gasteiger charge is -2.42. The summed E-state index contributed by atoms with van der Waals surface area (Å²) in [7, 11) is 0. The zero-order valence-corrected chi connectivity index (χ0v) is 34.4. The van der Waals surface area contributed by atoms with Crippen molar-refractivity contribution < 1.29 is 4.74 Å². The van der Waals surface area contributed by atoms with Crippen molar-refractivity contribution in [2.45, 2.75) is 91.2 Å². The monoisotopic (exact) mass is 736 g/mol. The number of aliphatic imine (C=N–C) groups is 1. The summed E-state index contributed by atoms with van der Waals surface area (Å²) in [5.41, 5.74) is 11.4. The van der Waals surface area contributed by atoms with Crippen LogP contribution < -0.4 is 4.90 Å². The molecule has 0 radical (unpaired) electrons. The Kier molecular flexibility index (Phi) is 7.98. The van der Waals surface area contributed by atoms with Crippen LogP contribution in [0, 0.1) is 12.8 Å². The maximum atomic E-state index is 7.08. The molecule has 0 bridgehead atoms. The molecule has 282 valence electrons. The number of nitrogens with zero attached hydrogens (tertiary/aromatic N) is 4. The lowest BCUT2D eigenvalue weighted by molar-refractivity contribution is 0.00858. The topological polar surface area (TPSA) is 42.6 Å². The van der Waals surface area contributed by atoms with Gasteiger partial charge in [0.25, 0.3) is 0 Å². The van der Waals surface area contributed by atoms with Gasteiger partial charge in [-0.05, 0) is 115 Å². The number of hydrogen-bond acceptors (Lipinski definition) is 4. The quantitative estimate of drug-likeness (QED) is 0.177. The molecule has 5 heteroatoms.